The van der Waals surface area contributed by atoms with Gasteiger partial charge in [-0.2, -0.15) is 10.1 Å². The van der Waals surface area contributed by atoms with Gasteiger partial charge < -0.3 is 4.42 Å². The number of carbonyl (C=O) groups is 2. The van der Waals surface area contributed by atoms with Gasteiger partial charge >= 0.3 is 0 Å². The zero-order valence-electron chi connectivity index (χ0n) is 16.1. The Morgan fingerprint density at radius 3 is 2.42 bits per heavy atom. The highest BCUT2D eigenvalue weighted by molar-refractivity contribution is 6.06. The Hall–Kier alpha value is -3.62. The van der Waals surface area contributed by atoms with Crippen molar-refractivity contribution >= 4 is 23.7 Å². The summed E-state index contributed by atoms with van der Waals surface area (Å²) in [6.07, 6.45) is 6.52. The largest absolute Gasteiger partial charge is 0.455 e. The number of imide groups is 1. The maximum atomic E-state index is 13.4. The predicted molar refractivity (Wildman–Crippen MR) is 105 cm³/mol. The molecule has 6 atom stereocenters. The van der Waals surface area contributed by atoms with Crippen LogP contribution in [0, 0.1) is 51.4 Å². The van der Waals surface area contributed by atoms with Crippen LogP contribution in [0.4, 0.5) is 10.1 Å². The van der Waals surface area contributed by atoms with Crippen LogP contribution >= 0.6 is 0 Å². The van der Waals surface area contributed by atoms with E-state index in [4.69, 9.17) is 4.42 Å². The maximum absolute atomic E-state index is 13.4. The molecule has 31 heavy (non-hydrogen) atoms. The van der Waals surface area contributed by atoms with Gasteiger partial charge in [-0.05, 0) is 54.4 Å². The minimum absolute atomic E-state index is 0.117. The SMILES string of the molecule is O=C1[C@@H]2[C@@H]3C=C[C@H]([C@@H]4C[C@H]34)[C@H]2C(=O)N1/N=C\c1ccc(-c2ccc(F)cc2[N+](=O)[O-])o1. The number of benzene rings is 1. The van der Waals surface area contributed by atoms with Crippen molar-refractivity contribution in [1.29, 1.82) is 0 Å². The van der Waals surface area contributed by atoms with Crippen molar-refractivity contribution in [3.05, 3.63) is 64.2 Å². The molecule has 2 aromatic rings. The smallest absolute Gasteiger partial charge is 0.283 e. The molecular formula is C22H16FN3O5. The first-order valence-electron chi connectivity index (χ1n) is 10.1. The number of hydrazone groups is 1. The number of furan rings is 1. The van der Waals surface area contributed by atoms with Crippen molar-refractivity contribution in [3.8, 4) is 11.3 Å². The number of hydrogen-bond acceptors (Lipinski definition) is 6. The van der Waals surface area contributed by atoms with Gasteiger partial charge in [0.15, 0.2) is 0 Å². The zero-order chi connectivity index (χ0) is 21.4. The van der Waals surface area contributed by atoms with Crippen LogP contribution in [-0.4, -0.2) is 28.0 Å². The number of halogens is 1. The fourth-order valence-corrected chi connectivity index (χ4v) is 5.60. The Kier molecular flexibility index (Phi) is 3.63. The van der Waals surface area contributed by atoms with E-state index in [0.717, 1.165) is 23.6 Å². The molecule has 0 N–H and O–H groups in total. The summed E-state index contributed by atoms with van der Waals surface area (Å²) in [5.41, 5.74) is -0.305. The minimum Gasteiger partial charge on any atom is -0.455 e. The van der Waals surface area contributed by atoms with Crippen LogP contribution in [0.15, 0.2) is 52.0 Å². The summed E-state index contributed by atoms with van der Waals surface area (Å²) in [5.74, 6) is -0.332. The van der Waals surface area contributed by atoms with Crippen LogP contribution in [0.5, 0.6) is 0 Å². The first kappa shape index (κ1) is 18.2. The average Bonchev–Trinajstić information content (AvgIpc) is 3.39. The van der Waals surface area contributed by atoms with E-state index < -0.39 is 16.4 Å². The number of hydrogen-bond donors (Lipinski definition) is 0. The lowest BCUT2D eigenvalue weighted by atomic mass is 9.63. The second-order valence-electron chi connectivity index (χ2n) is 8.51. The highest BCUT2D eigenvalue weighted by Crippen LogP contribution is 2.65. The zero-order valence-corrected chi connectivity index (χ0v) is 16.1. The molecule has 2 bridgehead atoms. The molecule has 1 aromatic carbocycles. The summed E-state index contributed by atoms with van der Waals surface area (Å²) in [5, 5.41) is 16.2. The van der Waals surface area contributed by atoms with Crippen molar-refractivity contribution in [2.75, 3.05) is 0 Å². The first-order valence-corrected chi connectivity index (χ1v) is 10.1. The molecule has 7 rings (SSSR count). The molecule has 2 heterocycles. The van der Waals surface area contributed by atoms with E-state index in [1.54, 1.807) is 0 Å². The molecule has 156 valence electrons. The minimum atomic E-state index is -0.725. The van der Waals surface area contributed by atoms with Crippen molar-refractivity contribution in [3.63, 3.8) is 0 Å². The summed E-state index contributed by atoms with van der Waals surface area (Å²) in [4.78, 5) is 36.4. The predicted octanol–water partition coefficient (Wildman–Crippen LogP) is 3.38. The third-order valence-corrected chi connectivity index (χ3v) is 6.99. The highest BCUT2D eigenvalue weighted by Gasteiger charge is 2.67. The van der Waals surface area contributed by atoms with Gasteiger partial charge in [0.05, 0.1) is 34.6 Å². The fourth-order valence-electron chi connectivity index (χ4n) is 5.60. The Bertz CT molecular complexity index is 1180. The lowest BCUT2D eigenvalue weighted by molar-refractivity contribution is -0.384. The Morgan fingerprint density at radius 1 is 1.10 bits per heavy atom. The molecule has 1 aromatic heterocycles. The van der Waals surface area contributed by atoms with E-state index in [2.05, 4.69) is 17.3 Å². The molecule has 1 aliphatic heterocycles. The number of rotatable bonds is 4. The summed E-state index contributed by atoms with van der Waals surface area (Å²) in [7, 11) is 0. The van der Waals surface area contributed by atoms with E-state index in [0.29, 0.717) is 11.8 Å². The van der Waals surface area contributed by atoms with Crippen molar-refractivity contribution < 1.29 is 23.3 Å². The molecule has 3 fully saturated rings. The van der Waals surface area contributed by atoms with Crippen molar-refractivity contribution in [2.45, 2.75) is 6.42 Å². The fraction of sp³-hybridized carbons (Fsp3) is 0.318. The van der Waals surface area contributed by atoms with Gasteiger partial charge in [-0.1, -0.05) is 12.2 Å². The van der Waals surface area contributed by atoms with E-state index in [1.165, 1.54) is 24.4 Å². The Morgan fingerprint density at radius 2 is 1.77 bits per heavy atom. The van der Waals surface area contributed by atoms with Crippen LogP contribution in [0.25, 0.3) is 11.3 Å². The average molecular weight is 421 g/mol. The van der Waals surface area contributed by atoms with E-state index in [9.17, 15) is 24.1 Å². The monoisotopic (exact) mass is 421 g/mol. The third kappa shape index (κ3) is 2.55. The van der Waals surface area contributed by atoms with Crippen LogP contribution in [0.3, 0.4) is 0 Å². The standard InChI is InChI=1S/C22H16FN3O5/c23-10-1-3-14(17(7-10)26(29)30)18-6-2-11(31-18)9-24-25-21(27)19-12-4-5-13(16-8-15(12)16)20(19)22(25)28/h1-7,9,12-13,15-16,19-20H,8H2/b24-9-/t12-,13-,15-,16+,19-,20-/m1/s1. The highest BCUT2D eigenvalue weighted by atomic mass is 19.1. The molecule has 2 amide bonds. The molecule has 8 nitrogen and oxygen atoms in total. The van der Waals surface area contributed by atoms with E-state index in [1.807, 2.05) is 0 Å². The molecule has 9 heteroatoms. The summed E-state index contributed by atoms with van der Waals surface area (Å²) >= 11 is 0. The molecule has 0 radical (unpaired) electrons. The lowest BCUT2D eigenvalue weighted by Gasteiger charge is -2.37. The number of nitro benzene ring substituents is 1. The molecular weight excluding hydrogens is 405 g/mol. The maximum Gasteiger partial charge on any atom is 0.283 e. The van der Waals surface area contributed by atoms with Gasteiger partial charge in [-0.15, -0.1) is 0 Å². The molecule has 4 aliphatic carbocycles. The van der Waals surface area contributed by atoms with E-state index >= 15 is 0 Å². The van der Waals surface area contributed by atoms with Gasteiger partial charge in [0.1, 0.15) is 17.3 Å². The second-order valence-corrected chi connectivity index (χ2v) is 8.51. The summed E-state index contributed by atoms with van der Waals surface area (Å²) in [6, 6.07) is 6.20. The number of carbonyl (C=O) groups excluding carboxylic acids is 2. The van der Waals surface area contributed by atoms with E-state index in [-0.39, 0.29) is 52.6 Å². The van der Waals surface area contributed by atoms with Gasteiger partial charge in [0.2, 0.25) is 0 Å². The normalized spacial score (nSPS) is 32.6. The Balaban J connectivity index is 1.26. The number of amides is 2. The van der Waals surface area contributed by atoms with Crippen LogP contribution in [-0.2, 0) is 9.59 Å². The van der Waals surface area contributed by atoms with Crippen LogP contribution in [0.1, 0.15) is 12.2 Å². The number of nitrogens with zero attached hydrogens (tertiary/aromatic N) is 3. The molecule has 2 saturated carbocycles. The lowest BCUT2D eigenvalue weighted by Crippen LogP contribution is -2.40. The molecule has 0 unspecified atom stereocenters. The number of allylic oxidation sites excluding steroid dienone is 2. The first-order chi connectivity index (χ1) is 14.9. The van der Waals surface area contributed by atoms with Crippen molar-refractivity contribution in [1.82, 2.24) is 5.01 Å². The molecule has 1 saturated heterocycles. The third-order valence-electron chi connectivity index (χ3n) is 6.99. The van der Waals surface area contributed by atoms with Gasteiger partial charge in [-0.3, -0.25) is 19.7 Å². The van der Waals surface area contributed by atoms with Crippen LogP contribution < -0.4 is 0 Å². The van der Waals surface area contributed by atoms with Crippen LogP contribution in [0.2, 0.25) is 0 Å². The topological polar surface area (TPSA) is 106 Å². The number of nitro groups is 1. The van der Waals surface area contributed by atoms with Gasteiger partial charge in [0.25, 0.3) is 17.5 Å². The van der Waals surface area contributed by atoms with Crippen molar-refractivity contribution in [2.24, 2.45) is 40.6 Å². The second kappa shape index (κ2) is 6.19. The van der Waals surface area contributed by atoms with Gasteiger partial charge in [0, 0.05) is 0 Å². The Labute approximate surface area is 175 Å². The molecule has 0 spiro atoms. The summed E-state index contributed by atoms with van der Waals surface area (Å²) < 4.78 is 19.0. The quantitative estimate of drug-likeness (QED) is 0.247. The van der Waals surface area contributed by atoms with Gasteiger partial charge in [-0.25, -0.2) is 4.39 Å². The summed E-state index contributed by atoms with van der Waals surface area (Å²) in [6.45, 7) is 0. The molecule has 5 aliphatic rings.